The van der Waals surface area contributed by atoms with Crippen LogP contribution in [0.4, 0.5) is 4.39 Å². The van der Waals surface area contributed by atoms with Crippen molar-refractivity contribution in [3.05, 3.63) is 53.4 Å². The van der Waals surface area contributed by atoms with E-state index in [1.54, 1.807) is 24.2 Å². The molecule has 3 N–H and O–H groups in total. The summed E-state index contributed by atoms with van der Waals surface area (Å²) in [5.74, 6) is -1.34. The first-order chi connectivity index (χ1) is 13.5. The molecule has 1 fully saturated rings. The lowest BCUT2D eigenvalue weighted by Gasteiger charge is -2.44. The van der Waals surface area contributed by atoms with E-state index < -0.39 is 17.8 Å². The quantitative estimate of drug-likeness (QED) is 0.744. The van der Waals surface area contributed by atoms with Gasteiger partial charge >= 0.3 is 0 Å². The molecule has 8 heteroatoms. The van der Waals surface area contributed by atoms with Gasteiger partial charge in [0.15, 0.2) is 0 Å². The van der Waals surface area contributed by atoms with Gasteiger partial charge in [-0.05, 0) is 31.9 Å². The first kappa shape index (κ1) is 18.6. The lowest BCUT2D eigenvalue weighted by Crippen LogP contribution is -2.57. The van der Waals surface area contributed by atoms with E-state index in [4.69, 9.17) is 0 Å². The number of piperidine rings is 1. The number of rotatable bonds is 3. The molecule has 148 valence electrons. The fourth-order valence-electron chi connectivity index (χ4n) is 4.21. The molecule has 28 heavy (non-hydrogen) atoms. The molecule has 3 heterocycles. The molecule has 7 nitrogen and oxygen atoms in total. The van der Waals surface area contributed by atoms with E-state index in [1.807, 2.05) is 0 Å². The van der Waals surface area contributed by atoms with Crippen LogP contribution in [0.25, 0.3) is 0 Å². The molecule has 1 spiro atoms. The van der Waals surface area contributed by atoms with E-state index in [9.17, 15) is 14.0 Å². The van der Waals surface area contributed by atoms with Crippen molar-refractivity contribution >= 4 is 11.8 Å². The zero-order valence-corrected chi connectivity index (χ0v) is 15.8. The molecule has 1 aromatic carbocycles. The normalized spacial score (nSPS) is 19.1. The number of imidazole rings is 1. The van der Waals surface area contributed by atoms with Gasteiger partial charge in [0.1, 0.15) is 11.9 Å². The fraction of sp³-hybridized carbons (Fsp3) is 0.450. The van der Waals surface area contributed by atoms with Gasteiger partial charge in [0.2, 0.25) is 5.91 Å². The number of likely N-dealkylation sites (tertiary alicyclic amines) is 1. The highest BCUT2D eigenvalue weighted by Gasteiger charge is 2.42. The molecule has 1 saturated heterocycles. The van der Waals surface area contributed by atoms with Gasteiger partial charge in [-0.3, -0.25) is 9.59 Å². The van der Waals surface area contributed by atoms with Crippen LogP contribution in [-0.4, -0.2) is 52.4 Å². The molecule has 2 amide bonds. The number of H-pyrrole nitrogens is 1. The Morgan fingerprint density at radius 3 is 2.79 bits per heavy atom. The maximum absolute atomic E-state index is 13.8. The number of hydrogen-bond acceptors (Lipinski definition) is 4. The zero-order valence-electron chi connectivity index (χ0n) is 15.8. The SMILES string of the molecule is C[C@H](NC(=O)c1ccccc1F)C(=O)N1CCC2(CC1)NCCc1[nH]cnc12. The first-order valence-electron chi connectivity index (χ1n) is 9.62. The second kappa shape index (κ2) is 7.35. The van der Waals surface area contributed by atoms with Crippen molar-refractivity contribution in [1.29, 1.82) is 0 Å². The summed E-state index contributed by atoms with van der Waals surface area (Å²) in [6.45, 7) is 3.68. The molecule has 2 aliphatic rings. The van der Waals surface area contributed by atoms with Crippen LogP contribution in [0.15, 0.2) is 30.6 Å². The van der Waals surface area contributed by atoms with Gasteiger partial charge in [0.05, 0.1) is 23.1 Å². The predicted octanol–water partition coefficient (Wildman–Crippen LogP) is 1.33. The molecule has 0 unspecified atom stereocenters. The third-order valence-electron chi connectivity index (χ3n) is 5.78. The van der Waals surface area contributed by atoms with E-state index in [0.717, 1.165) is 31.5 Å². The van der Waals surface area contributed by atoms with Crippen LogP contribution in [0, 0.1) is 5.82 Å². The molecule has 0 bridgehead atoms. The van der Waals surface area contributed by atoms with Crippen LogP contribution in [0.5, 0.6) is 0 Å². The van der Waals surface area contributed by atoms with E-state index >= 15 is 0 Å². The average molecular weight is 385 g/mol. The summed E-state index contributed by atoms with van der Waals surface area (Å²) in [4.78, 5) is 34.5. The molecule has 0 aliphatic carbocycles. The lowest BCUT2D eigenvalue weighted by atomic mass is 9.80. The Labute approximate surface area is 162 Å². The number of benzene rings is 1. The van der Waals surface area contributed by atoms with Crippen molar-refractivity contribution in [3.63, 3.8) is 0 Å². The fourth-order valence-corrected chi connectivity index (χ4v) is 4.21. The number of halogens is 1. The predicted molar refractivity (Wildman–Crippen MR) is 101 cm³/mol. The van der Waals surface area contributed by atoms with Crippen LogP contribution < -0.4 is 10.6 Å². The van der Waals surface area contributed by atoms with Gasteiger partial charge < -0.3 is 20.5 Å². The molecular weight excluding hydrogens is 361 g/mol. The van der Waals surface area contributed by atoms with Gasteiger partial charge in [-0.25, -0.2) is 9.37 Å². The molecular formula is C20H24FN5O2. The minimum Gasteiger partial charge on any atom is -0.348 e. The monoisotopic (exact) mass is 385 g/mol. The molecule has 4 rings (SSSR count). The smallest absolute Gasteiger partial charge is 0.254 e. The highest BCUT2D eigenvalue weighted by atomic mass is 19.1. The zero-order chi connectivity index (χ0) is 19.7. The Hall–Kier alpha value is -2.74. The third kappa shape index (κ3) is 3.28. The topological polar surface area (TPSA) is 90.1 Å². The summed E-state index contributed by atoms with van der Waals surface area (Å²) < 4.78 is 13.8. The molecule has 1 aromatic heterocycles. The highest BCUT2D eigenvalue weighted by molar-refractivity contribution is 5.97. The molecule has 1 atom stereocenters. The first-order valence-corrected chi connectivity index (χ1v) is 9.62. The number of amides is 2. The largest absolute Gasteiger partial charge is 0.348 e. The van der Waals surface area contributed by atoms with Gasteiger partial charge in [-0.1, -0.05) is 12.1 Å². The average Bonchev–Trinajstić information content (AvgIpc) is 3.19. The molecule has 0 radical (unpaired) electrons. The second-order valence-corrected chi connectivity index (χ2v) is 7.49. The standard InChI is InChI=1S/C20H24FN5O2/c1-13(25-18(27)14-4-2-3-5-15(14)21)19(28)26-10-7-20(8-11-26)17-16(6-9-24-20)22-12-23-17/h2-5,12-13,24H,6-11H2,1H3,(H,22,23)(H,25,27)/t13-/m0/s1. The van der Waals surface area contributed by atoms with E-state index in [1.165, 1.54) is 23.9 Å². The van der Waals surface area contributed by atoms with Crippen molar-refractivity contribution in [3.8, 4) is 0 Å². The van der Waals surface area contributed by atoms with E-state index in [0.29, 0.717) is 13.1 Å². The Morgan fingerprint density at radius 2 is 2.04 bits per heavy atom. The van der Waals surface area contributed by atoms with Crippen LogP contribution >= 0.6 is 0 Å². The summed E-state index contributed by atoms with van der Waals surface area (Å²) in [5, 5.41) is 6.21. The molecule has 2 aliphatic heterocycles. The summed E-state index contributed by atoms with van der Waals surface area (Å²) in [6, 6.07) is 5.03. The van der Waals surface area contributed by atoms with Crippen LogP contribution in [0.1, 0.15) is 41.5 Å². The summed E-state index contributed by atoms with van der Waals surface area (Å²) in [6.07, 6.45) is 4.20. The number of fused-ring (bicyclic) bond motifs is 2. The minimum atomic E-state index is -0.721. The maximum Gasteiger partial charge on any atom is 0.254 e. The Balaban J connectivity index is 1.38. The van der Waals surface area contributed by atoms with Gasteiger partial charge in [0.25, 0.3) is 5.91 Å². The van der Waals surface area contributed by atoms with Crippen LogP contribution in [-0.2, 0) is 16.8 Å². The van der Waals surface area contributed by atoms with E-state index in [2.05, 4.69) is 20.6 Å². The van der Waals surface area contributed by atoms with Crippen molar-refractivity contribution in [2.75, 3.05) is 19.6 Å². The number of nitrogens with zero attached hydrogens (tertiary/aromatic N) is 2. The van der Waals surface area contributed by atoms with Gasteiger partial charge in [-0.15, -0.1) is 0 Å². The van der Waals surface area contributed by atoms with E-state index in [-0.39, 0.29) is 17.0 Å². The summed E-state index contributed by atoms with van der Waals surface area (Å²) >= 11 is 0. The maximum atomic E-state index is 13.8. The molecule has 0 saturated carbocycles. The Bertz CT molecular complexity index is 888. The van der Waals surface area contributed by atoms with Crippen LogP contribution in [0.3, 0.4) is 0 Å². The summed E-state index contributed by atoms with van der Waals surface area (Å²) in [7, 11) is 0. The number of carbonyl (C=O) groups is 2. The second-order valence-electron chi connectivity index (χ2n) is 7.49. The number of hydrogen-bond donors (Lipinski definition) is 3. The van der Waals surface area contributed by atoms with Crippen molar-refractivity contribution < 1.29 is 14.0 Å². The molecule has 2 aromatic rings. The number of aromatic amines is 1. The number of carbonyl (C=O) groups excluding carboxylic acids is 2. The van der Waals surface area contributed by atoms with Gasteiger partial charge in [0, 0.05) is 31.7 Å². The van der Waals surface area contributed by atoms with Crippen molar-refractivity contribution in [2.24, 2.45) is 0 Å². The number of aromatic nitrogens is 2. The Morgan fingerprint density at radius 1 is 1.29 bits per heavy atom. The third-order valence-corrected chi connectivity index (χ3v) is 5.78. The summed E-state index contributed by atoms with van der Waals surface area (Å²) in [5.41, 5.74) is 1.98. The van der Waals surface area contributed by atoms with Crippen LogP contribution in [0.2, 0.25) is 0 Å². The van der Waals surface area contributed by atoms with Crippen molar-refractivity contribution in [2.45, 2.75) is 37.8 Å². The Kier molecular flexibility index (Phi) is 4.89. The van der Waals surface area contributed by atoms with Gasteiger partial charge in [-0.2, -0.15) is 0 Å². The highest BCUT2D eigenvalue weighted by Crippen LogP contribution is 2.35. The number of nitrogens with one attached hydrogen (secondary N) is 3. The van der Waals surface area contributed by atoms with Crippen molar-refractivity contribution in [1.82, 2.24) is 25.5 Å². The minimum absolute atomic E-state index is 0.0581. The lowest BCUT2D eigenvalue weighted by molar-refractivity contribution is -0.134.